The van der Waals surface area contributed by atoms with Crippen LogP contribution in [0.3, 0.4) is 0 Å². The first-order valence-electron chi connectivity index (χ1n) is 8.16. The molecule has 2 heterocycles. The summed E-state index contributed by atoms with van der Waals surface area (Å²) in [5.74, 6) is 1.45. The van der Waals surface area contributed by atoms with E-state index in [1.54, 1.807) is 25.1 Å². The van der Waals surface area contributed by atoms with Gasteiger partial charge in [-0.3, -0.25) is 9.59 Å². The van der Waals surface area contributed by atoms with Crippen LogP contribution in [0, 0.1) is 0 Å². The van der Waals surface area contributed by atoms with Crippen LogP contribution in [-0.2, 0) is 16.0 Å². The van der Waals surface area contributed by atoms with Crippen LogP contribution < -0.4 is 15.4 Å². The van der Waals surface area contributed by atoms with E-state index in [1.165, 1.54) is 0 Å². The van der Waals surface area contributed by atoms with Crippen molar-refractivity contribution in [2.24, 2.45) is 0 Å². The van der Waals surface area contributed by atoms with E-state index in [0.29, 0.717) is 35.3 Å². The number of nitrogens with one attached hydrogen (secondary N) is 2. The first-order valence-corrected chi connectivity index (χ1v) is 8.16. The van der Waals surface area contributed by atoms with Crippen LogP contribution in [0.15, 0.2) is 22.7 Å². The Morgan fingerprint density at radius 1 is 1.40 bits per heavy atom. The SMILES string of the molecule is CC1Oc2ccc(NC(=O)CCc3nc(C(C)C)no3)cc2NC1=O. The van der Waals surface area contributed by atoms with Crippen molar-refractivity contribution < 1.29 is 18.8 Å². The average molecular weight is 344 g/mol. The van der Waals surface area contributed by atoms with Gasteiger partial charge in [-0.15, -0.1) is 0 Å². The van der Waals surface area contributed by atoms with E-state index in [1.807, 2.05) is 13.8 Å². The minimum absolute atomic E-state index is 0.180. The Kier molecular flexibility index (Phi) is 4.69. The number of rotatable bonds is 5. The molecule has 25 heavy (non-hydrogen) atoms. The number of hydrogen-bond acceptors (Lipinski definition) is 6. The largest absolute Gasteiger partial charge is 0.479 e. The van der Waals surface area contributed by atoms with E-state index in [0.717, 1.165) is 0 Å². The van der Waals surface area contributed by atoms with E-state index in [4.69, 9.17) is 9.26 Å². The lowest BCUT2D eigenvalue weighted by Crippen LogP contribution is -2.34. The van der Waals surface area contributed by atoms with Gasteiger partial charge in [-0.05, 0) is 25.1 Å². The van der Waals surface area contributed by atoms with E-state index >= 15 is 0 Å². The standard InChI is InChI=1S/C17H20N4O4/c1-9(2)16-20-15(25-21-16)7-6-14(22)18-11-4-5-13-12(8-11)19-17(23)10(3)24-13/h4-5,8-10H,6-7H2,1-3H3,(H,18,22)(H,19,23). The van der Waals surface area contributed by atoms with Crippen molar-refractivity contribution in [2.75, 3.05) is 10.6 Å². The summed E-state index contributed by atoms with van der Waals surface area (Å²) in [5, 5.41) is 9.40. The maximum Gasteiger partial charge on any atom is 0.265 e. The number of carbonyl (C=O) groups excluding carboxylic acids is 2. The second kappa shape index (κ2) is 6.92. The molecule has 1 aromatic carbocycles. The Hall–Kier alpha value is -2.90. The number of amides is 2. The summed E-state index contributed by atoms with van der Waals surface area (Å²) < 4.78 is 10.6. The van der Waals surface area contributed by atoms with Crippen molar-refractivity contribution in [1.29, 1.82) is 0 Å². The molecule has 3 rings (SSSR count). The monoisotopic (exact) mass is 344 g/mol. The smallest absolute Gasteiger partial charge is 0.265 e. The summed E-state index contributed by atoms with van der Waals surface area (Å²) in [6, 6.07) is 5.11. The van der Waals surface area contributed by atoms with Crippen molar-refractivity contribution in [2.45, 2.75) is 45.6 Å². The predicted octanol–water partition coefficient (Wildman–Crippen LogP) is 2.48. The van der Waals surface area contributed by atoms with Gasteiger partial charge in [0.1, 0.15) is 5.75 Å². The molecular formula is C17H20N4O4. The van der Waals surface area contributed by atoms with Gasteiger partial charge in [-0.2, -0.15) is 4.98 Å². The van der Waals surface area contributed by atoms with Crippen molar-refractivity contribution in [3.8, 4) is 5.75 Å². The van der Waals surface area contributed by atoms with E-state index in [-0.39, 0.29) is 24.2 Å². The van der Waals surface area contributed by atoms with Crippen molar-refractivity contribution >= 4 is 23.2 Å². The number of benzene rings is 1. The molecule has 0 bridgehead atoms. The molecule has 0 fully saturated rings. The number of carbonyl (C=O) groups is 2. The highest BCUT2D eigenvalue weighted by atomic mass is 16.5. The van der Waals surface area contributed by atoms with E-state index in [2.05, 4.69) is 20.8 Å². The highest BCUT2D eigenvalue weighted by molar-refractivity contribution is 5.99. The topological polar surface area (TPSA) is 106 Å². The summed E-state index contributed by atoms with van der Waals surface area (Å²) in [6.07, 6.45) is 0.0583. The minimum Gasteiger partial charge on any atom is -0.479 e. The number of aryl methyl sites for hydroxylation is 1. The molecular weight excluding hydrogens is 324 g/mol. The Morgan fingerprint density at radius 3 is 2.92 bits per heavy atom. The summed E-state index contributed by atoms with van der Waals surface area (Å²) >= 11 is 0. The second-order valence-electron chi connectivity index (χ2n) is 6.21. The Balaban J connectivity index is 1.57. The third-order valence-electron chi connectivity index (χ3n) is 3.76. The highest BCUT2D eigenvalue weighted by Crippen LogP contribution is 2.32. The van der Waals surface area contributed by atoms with Crippen LogP contribution in [0.5, 0.6) is 5.75 Å². The van der Waals surface area contributed by atoms with Crippen LogP contribution in [0.25, 0.3) is 0 Å². The van der Waals surface area contributed by atoms with Gasteiger partial charge in [0, 0.05) is 24.4 Å². The van der Waals surface area contributed by atoms with Gasteiger partial charge in [0.2, 0.25) is 11.8 Å². The zero-order valence-corrected chi connectivity index (χ0v) is 14.3. The van der Waals surface area contributed by atoms with E-state index < -0.39 is 6.10 Å². The molecule has 0 spiro atoms. The summed E-state index contributed by atoms with van der Waals surface area (Å²) in [6.45, 7) is 5.62. The molecule has 1 unspecified atom stereocenters. The van der Waals surface area contributed by atoms with Crippen LogP contribution in [0.2, 0.25) is 0 Å². The number of aromatic nitrogens is 2. The zero-order valence-electron chi connectivity index (χ0n) is 14.3. The Bertz CT molecular complexity index is 800. The van der Waals surface area contributed by atoms with Crippen molar-refractivity contribution in [1.82, 2.24) is 10.1 Å². The number of hydrogen-bond donors (Lipinski definition) is 2. The predicted molar refractivity (Wildman–Crippen MR) is 90.5 cm³/mol. The van der Waals surface area contributed by atoms with E-state index in [9.17, 15) is 9.59 Å². The fourth-order valence-electron chi connectivity index (χ4n) is 2.33. The number of nitrogens with zero attached hydrogens (tertiary/aromatic N) is 2. The molecule has 0 saturated carbocycles. The molecule has 2 aromatic rings. The van der Waals surface area contributed by atoms with Gasteiger partial charge < -0.3 is 19.9 Å². The molecule has 132 valence electrons. The first-order chi connectivity index (χ1) is 11.9. The fourth-order valence-corrected chi connectivity index (χ4v) is 2.33. The molecule has 0 saturated heterocycles. The lowest BCUT2D eigenvalue weighted by molar-refractivity contribution is -0.122. The fraction of sp³-hybridized carbons (Fsp3) is 0.412. The minimum atomic E-state index is -0.530. The number of ether oxygens (including phenoxy) is 1. The molecule has 8 heteroatoms. The van der Waals surface area contributed by atoms with Gasteiger partial charge in [-0.1, -0.05) is 19.0 Å². The molecule has 1 aromatic heterocycles. The number of fused-ring (bicyclic) bond motifs is 1. The summed E-state index contributed by atoms with van der Waals surface area (Å²) in [7, 11) is 0. The molecule has 1 aliphatic heterocycles. The molecule has 1 atom stereocenters. The van der Waals surface area contributed by atoms with Crippen molar-refractivity contribution in [3.63, 3.8) is 0 Å². The van der Waals surface area contributed by atoms with Gasteiger partial charge in [0.05, 0.1) is 5.69 Å². The molecule has 0 radical (unpaired) electrons. The first kappa shape index (κ1) is 16.9. The molecule has 2 N–H and O–H groups in total. The Morgan fingerprint density at radius 2 is 2.20 bits per heavy atom. The summed E-state index contributed by atoms with van der Waals surface area (Å²) in [4.78, 5) is 28.0. The van der Waals surface area contributed by atoms with Crippen LogP contribution in [0.4, 0.5) is 11.4 Å². The maximum absolute atomic E-state index is 12.1. The molecule has 1 aliphatic rings. The Labute approximate surface area is 144 Å². The lowest BCUT2D eigenvalue weighted by atomic mass is 10.2. The second-order valence-corrected chi connectivity index (χ2v) is 6.21. The van der Waals surface area contributed by atoms with Crippen molar-refractivity contribution in [3.05, 3.63) is 29.9 Å². The average Bonchev–Trinajstić information content (AvgIpc) is 3.04. The van der Waals surface area contributed by atoms with Gasteiger partial charge in [0.15, 0.2) is 11.9 Å². The normalized spacial score (nSPS) is 16.2. The zero-order chi connectivity index (χ0) is 18.0. The molecule has 2 amide bonds. The van der Waals surface area contributed by atoms with Gasteiger partial charge in [0.25, 0.3) is 5.91 Å². The van der Waals surface area contributed by atoms with Gasteiger partial charge >= 0.3 is 0 Å². The molecule has 8 nitrogen and oxygen atoms in total. The third-order valence-corrected chi connectivity index (χ3v) is 3.76. The maximum atomic E-state index is 12.1. The lowest BCUT2D eigenvalue weighted by Gasteiger charge is -2.23. The van der Waals surface area contributed by atoms with Crippen LogP contribution >= 0.6 is 0 Å². The number of anilines is 2. The van der Waals surface area contributed by atoms with Crippen LogP contribution in [0.1, 0.15) is 44.8 Å². The summed E-state index contributed by atoms with van der Waals surface area (Å²) in [5.41, 5.74) is 1.12. The molecule has 0 aliphatic carbocycles. The quantitative estimate of drug-likeness (QED) is 0.863. The third kappa shape index (κ3) is 3.96. The van der Waals surface area contributed by atoms with Gasteiger partial charge in [-0.25, -0.2) is 0 Å². The van der Waals surface area contributed by atoms with Crippen LogP contribution in [-0.4, -0.2) is 28.1 Å². The highest BCUT2D eigenvalue weighted by Gasteiger charge is 2.23.